The van der Waals surface area contributed by atoms with Crippen molar-refractivity contribution in [3.63, 3.8) is 0 Å². The molecule has 10 heteroatoms. The van der Waals surface area contributed by atoms with Gasteiger partial charge in [-0.25, -0.2) is 0 Å². The number of amides is 1. The molecule has 1 fully saturated rings. The topological polar surface area (TPSA) is 169 Å². The largest absolute Gasteiger partial charge is 0.394 e. The number of hydrogen-bond donors (Lipinski definition) is 7. The SMILES string of the molecule is CCCCCCCCCCCCCCCCCCC(=O)N[C@@H](CO[C@@H]1O[C@H](CO)[C@@H](O)C(O)C1O)[C@H](O)[C@H](O)CCCCCCCCCCCCCCCC. The summed E-state index contributed by atoms with van der Waals surface area (Å²) in [5.74, 6) is -0.254. The van der Waals surface area contributed by atoms with Crippen molar-refractivity contribution in [2.45, 2.75) is 268 Å². The maximum absolute atomic E-state index is 13.0. The minimum Gasteiger partial charge on any atom is -0.394 e. The van der Waals surface area contributed by atoms with Crippen LogP contribution in [0.4, 0.5) is 0 Å². The predicted molar refractivity (Wildman–Crippen MR) is 223 cm³/mol. The van der Waals surface area contributed by atoms with E-state index in [0.29, 0.717) is 6.42 Å². The summed E-state index contributed by atoms with van der Waals surface area (Å²) >= 11 is 0. The fraction of sp³-hybridized carbons (Fsp3) is 0.978. The average Bonchev–Trinajstić information content (AvgIpc) is 3.18. The highest BCUT2D eigenvalue weighted by molar-refractivity contribution is 5.76. The Kier molecular flexibility index (Phi) is 34.4. The van der Waals surface area contributed by atoms with Crippen LogP contribution < -0.4 is 5.32 Å². The van der Waals surface area contributed by atoms with Gasteiger partial charge in [0, 0.05) is 6.42 Å². The number of rotatable bonds is 39. The number of unbranched alkanes of at least 4 members (excludes halogenated alkanes) is 28. The van der Waals surface area contributed by atoms with E-state index < -0.39 is 55.6 Å². The molecule has 2 unspecified atom stereocenters. The molecule has 0 aromatic heterocycles. The average molecular weight is 788 g/mol. The van der Waals surface area contributed by atoms with Gasteiger partial charge in [-0.2, -0.15) is 0 Å². The number of carbonyl (C=O) groups is 1. The molecule has 1 rings (SSSR count). The minimum atomic E-state index is -1.60. The van der Waals surface area contributed by atoms with Crippen molar-refractivity contribution in [2.24, 2.45) is 0 Å². The van der Waals surface area contributed by atoms with E-state index in [2.05, 4.69) is 19.2 Å². The van der Waals surface area contributed by atoms with E-state index in [1.165, 1.54) is 154 Å². The van der Waals surface area contributed by atoms with Crippen LogP contribution in [0.15, 0.2) is 0 Å². The third kappa shape index (κ3) is 26.7. The summed E-state index contributed by atoms with van der Waals surface area (Å²) in [5, 5.41) is 65.2. The number of carbonyl (C=O) groups excluding carboxylic acids is 1. The molecule has 7 N–H and O–H groups in total. The number of aliphatic hydroxyl groups excluding tert-OH is 6. The first kappa shape index (κ1) is 52.2. The molecule has 1 heterocycles. The second kappa shape index (κ2) is 36.2. The highest BCUT2D eigenvalue weighted by Crippen LogP contribution is 2.23. The number of nitrogens with one attached hydrogen (secondary N) is 1. The zero-order chi connectivity index (χ0) is 40.4. The van der Waals surface area contributed by atoms with E-state index in [-0.39, 0.29) is 18.9 Å². The first-order chi connectivity index (χ1) is 26.8. The van der Waals surface area contributed by atoms with Crippen LogP contribution in [0, 0.1) is 0 Å². The molecule has 1 aliphatic heterocycles. The molecule has 0 bridgehead atoms. The van der Waals surface area contributed by atoms with E-state index in [0.717, 1.165) is 38.5 Å². The summed E-state index contributed by atoms with van der Waals surface area (Å²) in [5.41, 5.74) is 0. The lowest BCUT2D eigenvalue weighted by molar-refractivity contribution is -0.303. The second-order valence-electron chi connectivity index (χ2n) is 16.7. The highest BCUT2D eigenvalue weighted by atomic mass is 16.7. The van der Waals surface area contributed by atoms with Crippen molar-refractivity contribution >= 4 is 5.91 Å². The van der Waals surface area contributed by atoms with E-state index in [1.807, 2.05) is 0 Å². The van der Waals surface area contributed by atoms with Crippen molar-refractivity contribution in [3.8, 4) is 0 Å². The van der Waals surface area contributed by atoms with E-state index >= 15 is 0 Å². The third-order valence-corrected chi connectivity index (χ3v) is 11.6. The first-order valence-electron chi connectivity index (χ1n) is 23.3. The van der Waals surface area contributed by atoms with E-state index in [4.69, 9.17) is 9.47 Å². The molecule has 55 heavy (non-hydrogen) atoms. The Morgan fingerprint density at radius 3 is 1.35 bits per heavy atom. The Hall–Kier alpha value is -0.850. The summed E-state index contributed by atoms with van der Waals surface area (Å²) in [6, 6.07) is -0.984. The highest BCUT2D eigenvalue weighted by Gasteiger charge is 2.44. The van der Waals surface area contributed by atoms with Gasteiger partial charge in [0.25, 0.3) is 0 Å². The molecule has 0 aromatic rings. The van der Waals surface area contributed by atoms with Gasteiger partial charge in [0.15, 0.2) is 6.29 Å². The minimum absolute atomic E-state index is 0.254. The van der Waals surface area contributed by atoms with Gasteiger partial charge in [0.1, 0.15) is 30.5 Å². The fourth-order valence-corrected chi connectivity index (χ4v) is 7.73. The summed E-state index contributed by atoms with van der Waals surface area (Å²) in [6.07, 6.45) is 28.2. The molecule has 0 aromatic carbocycles. The number of aliphatic hydroxyl groups is 6. The molecule has 0 spiro atoms. The van der Waals surface area contributed by atoms with E-state index in [9.17, 15) is 35.4 Å². The Morgan fingerprint density at radius 2 is 0.945 bits per heavy atom. The van der Waals surface area contributed by atoms with Crippen molar-refractivity contribution in [1.82, 2.24) is 5.32 Å². The fourth-order valence-electron chi connectivity index (χ4n) is 7.73. The Balaban J connectivity index is 2.38. The molecule has 10 nitrogen and oxygen atoms in total. The molecule has 0 radical (unpaired) electrons. The molecule has 328 valence electrons. The predicted octanol–water partition coefficient (Wildman–Crippen LogP) is 8.53. The molecular formula is C45H89NO9. The summed E-state index contributed by atoms with van der Waals surface area (Å²) in [4.78, 5) is 13.0. The Morgan fingerprint density at radius 1 is 0.564 bits per heavy atom. The first-order valence-corrected chi connectivity index (χ1v) is 23.3. The maximum Gasteiger partial charge on any atom is 0.220 e. The van der Waals surface area contributed by atoms with Crippen molar-refractivity contribution in [2.75, 3.05) is 13.2 Å². The summed E-state index contributed by atoms with van der Waals surface area (Å²) < 4.78 is 11.2. The molecule has 8 atom stereocenters. The lowest BCUT2D eigenvalue weighted by Crippen LogP contribution is -2.60. The van der Waals surface area contributed by atoms with Crippen LogP contribution in [0.25, 0.3) is 0 Å². The van der Waals surface area contributed by atoms with Gasteiger partial charge in [-0.05, 0) is 12.8 Å². The Bertz CT molecular complexity index is 849. The Labute approximate surface area is 336 Å². The zero-order valence-electron chi connectivity index (χ0n) is 35.6. The lowest BCUT2D eigenvalue weighted by atomic mass is 9.98. The van der Waals surface area contributed by atoms with Crippen LogP contribution in [0.5, 0.6) is 0 Å². The zero-order valence-corrected chi connectivity index (χ0v) is 35.6. The molecule has 0 aliphatic carbocycles. The molecular weight excluding hydrogens is 698 g/mol. The van der Waals surface area contributed by atoms with Gasteiger partial charge in [-0.1, -0.05) is 200 Å². The van der Waals surface area contributed by atoms with Gasteiger partial charge in [0.05, 0.1) is 25.4 Å². The van der Waals surface area contributed by atoms with Crippen molar-refractivity contribution in [1.29, 1.82) is 0 Å². The van der Waals surface area contributed by atoms with Crippen LogP contribution in [-0.4, -0.2) is 98.7 Å². The van der Waals surface area contributed by atoms with Crippen molar-refractivity contribution in [3.05, 3.63) is 0 Å². The van der Waals surface area contributed by atoms with Crippen LogP contribution in [0.1, 0.15) is 219 Å². The van der Waals surface area contributed by atoms with Crippen LogP contribution in [0.3, 0.4) is 0 Å². The van der Waals surface area contributed by atoms with Gasteiger partial charge >= 0.3 is 0 Å². The maximum atomic E-state index is 13.0. The van der Waals surface area contributed by atoms with Crippen molar-refractivity contribution < 1.29 is 44.9 Å². The molecule has 1 amide bonds. The summed E-state index contributed by atoms with van der Waals surface area (Å²) in [6.45, 7) is 3.62. The standard InChI is InChI=1S/C45H89NO9/c1-3-5-7-9-11-13-15-17-19-20-22-24-26-28-30-32-34-40(49)46-37(36-54-45-44(53)43(52)42(51)39(35-47)55-45)41(50)38(48)33-31-29-27-25-23-21-18-16-14-12-10-8-6-4-2/h37-39,41-45,47-48,50-53H,3-36H2,1-2H3,(H,46,49)/t37-,38+,39+,41-,42+,43?,44?,45+/m0/s1. The normalized spacial score (nSPS) is 21.8. The summed E-state index contributed by atoms with van der Waals surface area (Å²) in [7, 11) is 0. The second-order valence-corrected chi connectivity index (χ2v) is 16.7. The number of hydrogen-bond acceptors (Lipinski definition) is 9. The van der Waals surface area contributed by atoms with Gasteiger partial charge in [0.2, 0.25) is 5.91 Å². The van der Waals surface area contributed by atoms with Crippen LogP contribution in [-0.2, 0) is 14.3 Å². The van der Waals surface area contributed by atoms with Crippen LogP contribution >= 0.6 is 0 Å². The molecule has 0 saturated carbocycles. The van der Waals surface area contributed by atoms with Gasteiger partial charge in [-0.3, -0.25) is 4.79 Å². The van der Waals surface area contributed by atoms with Gasteiger partial charge in [-0.15, -0.1) is 0 Å². The monoisotopic (exact) mass is 788 g/mol. The van der Waals surface area contributed by atoms with Crippen LogP contribution in [0.2, 0.25) is 0 Å². The molecule has 1 saturated heterocycles. The van der Waals surface area contributed by atoms with Gasteiger partial charge < -0.3 is 45.4 Å². The third-order valence-electron chi connectivity index (χ3n) is 11.6. The number of ether oxygens (including phenoxy) is 2. The van der Waals surface area contributed by atoms with E-state index in [1.54, 1.807) is 0 Å². The molecule has 1 aliphatic rings. The smallest absolute Gasteiger partial charge is 0.220 e. The lowest BCUT2D eigenvalue weighted by Gasteiger charge is -2.40. The quantitative estimate of drug-likeness (QED) is 0.0302.